The van der Waals surface area contributed by atoms with Gasteiger partial charge >= 0.3 is 0 Å². The summed E-state index contributed by atoms with van der Waals surface area (Å²) in [6.07, 6.45) is 0. The molecule has 0 saturated heterocycles. The minimum absolute atomic E-state index is 0.0102. The first kappa shape index (κ1) is 54.0. The number of furan rings is 1. The Balaban J connectivity index is 1.56. The highest BCUT2D eigenvalue weighted by atomic mass is 16.3. The molecule has 9 aromatic carbocycles. The van der Waals surface area contributed by atoms with Gasteiger partial charge in [0.25, 0.3) is 0 Å². The van der Waals surface area contributed by atoms with Crippen molar-refractivity contribution in [1.29, 1.82) is 0 Å². The van der Waals surface area contributed by atoms with Crippen LogP contribution in [0.15, 0.2) is 4.42 Å². The molecule has 1 aromatic heterocycles. The van der Waals surface area contributed by atoms with Crippen LogP contribution in [0.1, 0.15) is 0 Å². The number of benzene rings is 9. The lowest BCUT2D eigenvalue weighted by Crippen LogP contribution is -2.56. The first-order chi connectivity index (χ1) is 35.0. The molecule has 0 aliphatic carbocycles. The number of fused-ring (bicyclic) bond motifs is 8. The van der Waals surface area contributed by atoms with Crippen molar-refractivity contribution in [3.05, 3.63) is 0 Å². The highest BCUT2D eigenvalue weighted by Crippen LogP contribution is 2.41. The fourth-order valence-electron chi connectivity index (χ4n) is 10.7. The number of hydrogen-bond acceptors (Lipinski definition) is 1. The second kappa shape index (κ2) is 18.1. The van der Waals surface area contributed by atoms with Crippen molar-refractivity contribution in [3.8, 4) is 33.4 Å². The third kappa shape index (κ3) is 6.85. The molecule has 274 valence electrons. The SMILES string of the molecule is [B]c1c([B])c([B])c(-c2c([B])c(-c3c4c([B])c([B])c([B])c([B])c4c(-c4c([B])c([B])c5oc6c([B])c([B])c7c([B])c([B])c([B])c([B])c7c6c5c4[B])c4c([B])c([B])c([B])c([B])c34)c([B])c3c([B])c([B])c([B])c([B])c23)c([B])c1[B]. The molecule has 29 heteroatoms. The van der Waals surface area contributed by atoms with E-state index in [0.717, 1.165) is 0 Å². The molecule has 0 fully saturated rings. The average Bonchev–Trinajstić information content (AvgIpc) is 3.79. The van der Waals surface area contributed by atoms with Gasteiger partial charge in [0.2, 0.25) is 0 Å². The molecule has 0 unspecified atom stereocenters. The van der Waals surface area contributed by atoms with E-state index in [1.807, 2.05) is 0 Å². The van der Waals surface area contributed by atoms with Gasteiger partial charge in [-0.2, -0.15) is 0 Å². The van der Waals surface area contributed by atoms with Gasteiger partial charge in [0, 0.05) is 10.8 Å². The van der Waals surface area contributed by atoms with Crippen LogP contribution in [0.3, 0.4) is 0 Å². The Hall–Kier alpha value is -4.36. The highest BCUT2D eigenvalue weighted by Gasteiger charge is 2.32. The van der Waals surface area contributed by atoms with E-state index in [0.29, 0.717) is 0 Å². The Bertz CT molecular complexity index is 4330. The van der Waals surface area contributed by atoms with Crippen LogP contribution in [0.25, 0.3) is 98.4 Å². The highest BCUT2D eigenvalue weighted by molar-refractivity contribution is 6.78. The second-order valence-corrected chi connectivity index (χ2v) is 18.3. The molecule has 0 amide bonds. The van der Waals surface area contributed by atoms with E-state index in [1.54, 1.807) is 0 Å². The Morgan fingerprint density at radius 2 is 0.333 bits per heavy atom. The Morgan fingerprint density at radius 3 is 0.720 bits per heavy atom. The van der Waals surface area contributed by atoms with E-state index in [2.05, 4.69) is 0 Å². The zero-order valence-corrected chi connectivity index (χ0v) is 39.6. The summed E-state index contributed by atoms with van der Waals surface area (Å²) in [4.78, 5) is 0. The van der Waals surface area contributed by atoms with Gasteiger partial charge in [-0.1, -0.05) is 92.9 Å². The summed E-state index contributed by atoms with van der Waals surface area (Å²) in [5.74, 6) is 0. The number of rotatable bonds is 3. The largest absolute Gasteiger partial charge is 0.457 e. The van der Waals surface area contributed by atoms with Gasteiger partial charge in [0.15, 0.2) is 0 Å². The van der Waals surface area contributed by atoms with Gasteiger partial charge in [-0.15, -0.1) is 60.1 Å². The van der Waals surface area contributed by atoms with E-state index in [9.17, 15) is 0 Å². The van der Waals surface area contributed by atoms with E-state index in [-0.39, 0.29) is 251 Å². The summed E-state index contributed by atoms with van der Waals surface area (Å²) >= 11 is 0. The molecular weight excluding hydrogens is 871 g/mol. The minimum atomic E-state index is -0.260. The van der Waals surface area contributed by atoms with Crippen LogP contribution in [0.4, 0.5) is 0 Å². The van der Waals surface area contributed by atoms with Crippen LogP contribution in [-0.2, 0) is 0 Å². The van der Waals surface area contributed by atoms with Gasteiger partial charge in [0.05, 0.1) is 0 Å². The first-order valence-corrected chi connectivity index (χ1v) is 22.0. The number of hydrogen-bond donors (Lipinski definition) is 0. The molecule has 10 rings (SSSR count). The standard InChI is InChI=1S/C46B28O/c47-17-7(14-27(57)40(70)42(72)41(71)28(14)58)8-13(26(56)38(68)36(66)24(8)54)18(48)11(17)1-3-5(22(52)34(64)32(62)20(3)50)2(6-4(1)21(51)33(63)35(65)23(6)53)12-19(49)16-10-9-15(29(59)39(69)37(67)25(9)55)31(61)43(73)45(10)75-46(16)44(74)30(12)60. The lowest BCUT2D eigenvalue weighted by molar-refractivity contribution is 0.675. The molecule has 0 spiro atoms. The molecule has 1 heterocycles. The predicted octanol–water partition coefficient (Wildman–Crippen LogP) is -20.6. The maximum absolute atomic E-state index is 7.47. The Labute approximate surface area is 472 Å². The average molecular weight is 871 g/mol. The summed E-state index contributed by atoms with van der Waals surface area (Å²) < 4.78 is 6.38. The lowest BCUT2D eigenvalue weighted by atomic mass is 9.55. The summed E-state index contributed by atoms with van der Waals surface area (Å²) in [6.45, 7) is 0. The Morgan fingerprint density at radius 1 is 0.120 bits per heavy atom. The van der Waals surface area contributed by atoms with Crippen molar-refractivity contribution in [3.63, 3.8) is 0 Å². The van der Waals surface area contributed by atoms with Crippen LogP contribution in [0, 0.1) is 0 Å². The quantitative estimate of drug-likeness (QED) is 0.127. The maximum Gasteiger partial charge on any atom is 0.128 e. The molecule has 75 heavy (non-hydrogen) atoms. The van der Waals surface area contributed by atoms with E-state index in [1.165, 1.54) is 0 Å². The van der Waals surface area contributed by atoms with Crippen molar-refractivity contribution >= 4 is 438 Å². The van der Waals surface area contributed by atoms with Gasteiger partial charge < -0.3 is 4.42 Å². The first-order valence-electron chi connectivity index (χ1n) is 22.0. The molecule has 0 bridgehead atoms. The summed E-state index contributed by atoms with van der Waals surface area (Å²) in [7, 11) is 191. The van der Waals surface area contributed by atoms with Crippen molar-refractivity contribution in [2.24, 2.45) is 0 Å². The van der Waals surface area contributed by atoms with Crippen LogP contribution in [0.2, 0.25) is 0 Å². The van der Waals surface area contributed by atoms with Crippen molar-refractivity contribution in [1.82, 2.24) is 0 Å². The van der Waals surface area contributed by atoms with Crippen LogP contribution < -0.4 is 153 Å². The molecule has 1 nitrogen and oxygen atoms in total. The van der Waals surface area contributed by atoms with Gasteiger partial charge in [-0.3, -0.25) is 0 Å². The molecule has 0 saturated carbocycles. The monoisotopic (exact) mass is 876 g/mol. The second-order valence-electron chi connectivity index (χ2n) is 18.3. The van der Waals surface area contributed by atoms with Crippen LogP contribution in [-0.4, -0.2) is 220 Å². The minimum Gasteiger partial charge on any atom is -0.457 e. The van der Waals surface area contributed by atoms with Gasteiger partial charge in [-0.25, -0.2) is 0 Å². The molecule has 0 atom stereocenters. The normalized spacial score (nSPS) is 11.9. The molecule has 0 N–H and O–H groups in total. The van der Waals surface area contributed by atoms with E-state index >= 15 is 0 Å². The zero-order valence-electron chi connectivity index (χ0n) is 39.6. The van der Waals surface area contributed by atoms with Crippen molar-refractivity contribution < 1.29 is 4.42 Å². The van der Waals surface area contributed by atoms with E-state index < -0.39 is 0 Å². The van der Waals surface area contributed by atoms with Crippen LogP contribution >= 0.6 is 0 Å². The molecule has 0 aliphatic rings. The van der Waals surface area contributed by atoms with Gasteiger partial charge in [0.1, 0.15) is 231 Å². The topological polar surface area (TPSA) is 13.1 Å². The third-order valence-corrected chi connectivity index (χ3v) is 14.7. The van der Waals surface area contributed by atoms with Crippen molar-refractivity contribution in [2.75, 3.05) is 0 Å². The lowest BCUT2D eigenvalue weighted by Gasteiger charge is -2.33. The van der Waals surface area contributed by atoms with Crippen molar-refractivity contribution in [2.45, 2.75) is 0 Å². The molecule has 56 radical (unpaired) electrons. The zero-order chi connectivity index (χ0) is 55.3. The smallest absolute Gasteiger partial charge is 0.128 e. The molecule has 10 aromatic rings. The van der Waals surface area contributed by atoms with E-state index in [4.69, 9.17) is 224 Å². The maximum atomic E-state index is 7.47. The van der Waals surface area contributed by atoms with Crippen LogP contribution in [0.5, 0.6) is 0 Å². The summed E-state index contributed by atoms with van der Waals surface area (Å²) in [5, 5.41) is 0.244. The summed E-state index contributed by atoms with van der Waals surface area (Å²) in [6, 6.07) is 0. The fraction of sp³-hybridized carbons (Fsp3) is 0. The third-order valence-electron chi connectivity index (χ3n) is 14.7. The Kier molecular flexibility index (Phi) is 13.0. The molecule has 0 aliphatic heterocycles. The van der Waals surface area contributed by atoms with Gasteiger partial charge in [-0.05, 0) is 76.5 Å². The summed E-state index contributed by atoms with van der Waals surface area (Å²) in [5.41, 5.74) is -5.37. The fourth-order valence-corrected chi connectivity index (χ4v) is 10.7. The molecular formula is C46B28O. The predicted molar refractivity (Wildman–Crippen MR) is 351 cm³/mol.